The van der Waals surface area contributed by atoms with Crippen LogP contribution in [0.15, 0.2) is 68.1 Å². The molecule has 0 atom stereocenters. The van der Waals surface area contributed by atoms with Crippen LogP contribution < -0.4 is 0 Å². The fraction of sp³-hybridized carbons (Fsp3) is 0.400. The Morgan fingerprint density at radius 3 is 1.05 bits per heavy atom. The van der Waals surface area contributed by atoms with Gasteiger partial charge in [0.2, 0.25) is 0 Å². The smallest absolute Gasteiger partial charge is 0.144 e. The maximum atomic E-state index is 11.2. The lowest BCUT2D eigenvalue weighted by Crippen LogP contribution is -2.11. The molecule has 0 amide bonds. The summed E-state index contributed by atoms with van der Waals surface area (Å²) in [5.74, 6) is 0.675. The molecule has 0 aliphatic heterocycles. The molecule has 0 saturated heterocycles. The summed E-state index contributed by atoms with van der Waals surface area (Å²) in [4.78, 5) is 3.03. The van der Waals surface area contributed by atoms with Gasteiger partial charge in [-0.05, 0) is 113 Å². The van der Waals surface area contributed by atoms with Crippen LogP contribution in [0.25, 0.3) is 0 Å². The Morgan fingerprint density at radius 1 is 0.432 bits per heavy atom. The zero-order valence-electron chi connectivity index (χ0n) is 23.1. The van der Waals surface area contributed by atoms with Crippen LogP contribution in [0.4, 0.5) is 0 Å². The highest BCUT2D eigenvalue weighted by molar-refractivity contribution is 8.77. The summed E-state index contributed by atoms with van der Waals surface area (Å²) >= 11 is 0. The van der Waals surface area contributed by atoms with Gasteiger partial charge >= 0.3 is 0 Å². The number of phenols is 3. The van der Waals surface area contributed by atoms with Gasteiger partial charge in [0, 0.05) is 0 Å². The van der Waals surface area contributed by atoms with Gasteiger partial charge in [0.1, 0.15) is 17.2 Å². The Balaban J connectivity index is 1.92. The van der Waals surface area contributed by atoms with E-state index in [1.165, 1.54) is 43.2 Å². The number of rotatable bonds is 6. The standard InChI is InChI=1S/C30H38O3S4/c1-28(2,3)18-10-12-21(31)23(14-18)34-36-25-16-20(30(7,8)9)17-26(27(25)33)37-35-24-15-19(29(4,5)6)11-13-22(24)32/h10-17,31-33H,1-9H3. The van der Waals surface area contributed by atoms with Gasteiger partial charge in [0.15, 0.2) is 0 Å². The minimum atomic E-state index is -0.115. The van der Waals surface area contributed by atoms with Crippen molar-refractivity contribution in [3.8, 4) is 17.2 Å². The summed E-state index contributed by atoms with van der Waals surface area (Å²) in [5, 5.41) is 32.2. The molecule has 3 aromatic carbocycles. The van der Waals surface area contributed by atoms with E-state index >= 15 is 0 Å². The van der Waals surface area contributed by atoms with Crippen molar-refractivity contribution in [1.29, 1.82) is 0 Å². The largest absolute Gasteiger partial charge is 0.507 e. The molecule has 0 fully saturated rings. The van der Waals surface area contributed by atoms with Crippen LogP contribution in [0.2, 0.25) is 0 Å². The maximum absolute atomic E-state index is 11.2. The summed E-state index contributed by atoms with van der Waals surface area (Å²) in [6, 6.07) is 15.5. The average Bonchev–Trinajstić information content (AvgIpc) is 2.77. The Bertz CT molecular complexity index is 1180. The van der Waals surface area contributed by atoms with Crippen molar-refractivity contribution in [2.24, 2.45) is 0 Å². The van der Waals surface area contributed by atoms with E-state index in [0.29, 0.717) is 0 Å². The van der Waals surface area contributed by atoms with Crippen LogP contribution in [0.1, 0.15) is 79.0 Å². The molecule has 3 N–H and O–H groups in total. The third kappa shape index (κ3) is 7.75. The Labute approximate surface area is 238 Å². The van der Waals surface area contributed by atoms with Crippen molar-refractivity contribution < 1.29 is 15.3 Å². The Hall–Kier alpha value is -1.54. The first kappa shape index (κ1) is 30.0. The molecule has 37 heavy (non-hydrogen) atoms. The molecule has 0 radical (unpaired) electrons. The van der Waals surface area contributed by atoms with Gasteiger partial charge in [0.25, 0.3) is 0 Å². The lowest BCUT2D eigenvalue weighted by Gasteiger charge is -2.22. The molecule has 0 aliphatic rings. The first-order chi connectivity index (χ1) is 17.0. The molecule has 0 bridgehead atoms. The fourth-order valence-corrected chi connectivity index (χ4v) is 7.87. The van der Waals surface area contributed by atoms with Crippen molar-refractivity contribution in [3.63, 3.8) is 0 Å². The molecule has 0 unspecified atom stereocenters. The van der Waals surface area contributed by atoms with Crippen LogP contribution in [-0.4, -0.2) is 15.3 Å². The molecule has 200 valence electrons. The van der Waals surface area contributed by atoms with Gasteiger partial charge in [-0.1, -0.05) is 74.4 Å². The number of phenolic OH excluding ortho intramolecular Hbond substituents is 3. The summed E-state index contributed by atoms with van der Waals surface area (Å²) in [6.45, 7) is 19.3. The van der Waals surface area contributed by atoms with Crippen LogP contribution in [-0.2, 0) is 16.2 Å². The van der Waals surface area contributed by atoms with E-state index in [2.05, 4.69) is 62.3 Å². The van der Waals surface area contributed by atoms with Crippen molar-refractivity contribution in [3.05, 3.63) is 65.2 Å². The van der Waals surface area contributed by atoms with E-state index in [1.54, 1.807) is 12.1 Å². The van der Waals surface area contributed by atoms with Crippen molar-refractivity contribution in [2.75, 3.05) is 0 Å². The second-order valence-corrected chi connectivity index (χ2v) is 16.7. The van der Waals surface area contributed by atoms with Gasteiger partial charge in [-0.2, -0.15) is 0 Å². The second kappa shape index (κ2) is 11.3. The van der Waals surface area contributed by atoms with Crippen LogP contribution in [0.5, 0.6) is 17.2 Å². The highest BCUT2D eigenvalue weighted by Gasteiger charge is 2.22. The first-order valence-electron chi connectivity index (χ1n) is 12.2. The molecule has 0 saturated carbocycles. The number of hydrogen-bond acceptors (Lipinski definition) is 7. The van der Waals surface area contributed by atoms with E-state index in [0.717, 1.165) is 36.3 Å². The van der Waals surface area contributed by atoms with E-state index in [9.17, 15) is 15.3 Å². The van der Waals surface area contributed by atoms with Gasteiger partial charge in [0.05, 0.1) is 19.6 Å². The second-order valence-electron chi connectivity index (χ2n) is 12.3. The van der Waals surface area contributed by atoms with Crippen molar-refractivity contribution in [2.45, 2.75) is 98.1 Å². The van der Waals surface area contributed by atoms with Crippen LogP contribution >= 0.6 is 43.2 Å². The monoisotopic (exact) mass is 574 g/mol. The van der Waals surface area contributed by atoms with Crippen LogP contribution in [0, 0.1) is 0 Å². The van der Waals surface area contributed by atoms with Crippen LogP contribution in [0.3, 0.4) is 0 Å². The molecular formula is C30H38O3S4. The SMILES string of the molecule is CC(C)(C)c1ccc(O)c(SSc2cc(C(C)(C)C)cc(SSc3cc(C(C)(C)C)ccc3O)c2O)c1. The lowest BCUT2D eigenvalue weighted by molar-refractivity contribution is 0.447. The van der Waals surface area contributed by atoms with Crippen molar-refractivity contribution >= 4 is 43.2 Å². The maximum Gasteiger partial charge on any atom is 0.144 e. The van der Waals surface area contributed by atoms with E-state index in [-0.39, 0.29) is 33.5 Å². The van der Waals surface area contributed by atoms with Gasteiger partial charge in [-0.3, -0.25) is 0 Å². The van der Waals surface area contributed by atoms with E-state index in [4.69, 9.17) is 0 Å². The predicted octanol–water partition coefficient (Wildman–Crippen LogP) is 10.3. The molecule has 3 aromatic rings. The highest BCUT2D eigenvalue weighted by Crippen LogP contribution is 2.52. The van der Waals surface area contributed by atoms with E-state index in [1.807, 2.05) is 36.4 Å². The number of hydrogen-bond donors (Lipinski definition) is 3. The lowest BCUT2D eigenvalue weighted by atomic mass is 9.87. The third-order valence-corrected chi connectivity index (χ3v) is 10.8. The Morgan fingerprint density at radius 2 is 0.730 bits per heavy atom. The molecule has 0 aromatic heterocycles. The normalized spacial score (nSPS) is 12.7. The summed E-state index contributed by atoms with van der Waals surface area (Å²) in [7, 11) is 5.78. The predicted molar refractivity (Wildman–Crippen MR) is 164 cm³/mol. The highest BCUT2D eigenvalue weighted by atomic mass is 33.1. The molecule has 0 spiro atoms. The van der Waals surface area contributed by atoms with Crippen molar-refractivity contribution in [1.82, 2.24) is 0 Å². The molecule has 0 heterocycles. The van der Waals surface area contributed by atoms with Gasteiger partial charge in [-0.15, -0.1) is 0 Å². The van der Waals surface area contributed by atoms with Gasteiger partial charge < -0.3 is 15.3 Å². The number of benzene rings is 3. The summed E-state index contributed by atoms with van der Waals surface area (Å²) < 4.78 is 0. The minimum absolute atomic E-state index is 0.0289. The zero-order valence-corrected chi connectivity index (χ0v) is 26.4. The molecule has 0 aliphatic carbocycles. The molecule has 7 heteroatoms. The average molecular weight is 575 g/mol. The first-order valence-corrected chi connectivity index (χ1v) is 16.5. The third-order valence-electron chi connectivity index (χ3n) is 6.00. The summed E-state index contributed by atoms with van der Waals surface area (Å²) in [5.41, 5.74) is 3.22. The molecular weight excluding hydrogens is 537 g/mol. The minimum Gasteiger partial charge on any atom is -0.507 e. The molecule has 3 rings (SSSR count). The topological polar surface area (TPSA) is 60.7 Å². The Kier molecular flexibility index (Phi) is 9.16. The zero-order chi connectivity index (χ0) is 27.8. The quantitative estimate of drug-likeness (QED) is 0.253. The van der Waals surface area contributed by atoms with E-state index < -0.39 is 0 Å². The van der Waals surface area contributed by atoms with Gasteiger partial charge in [-0.25, -0.2) is 0 Å². The number of aromatic hydroxyl groups is 3. The molecule has 3 nitrogen and oxygen atoms in total. The fourth-order valence-electron chi connectivity index (χ4n) is 3.42. The summed E-state index contributed by atoms with van der Waals surface area (Å²) in [6.07, 6.45) is 0.